The molecular formula is C25H20ClN5O. The van der Waals surface area contributed by atoms with Crippen molar-refractivity contribution < 1.29 is 4.74 Å². The van der Waals surface area contributed by atoms with Gasteiger partial charge in [0, 0.05) is 10.7 Å². The van der Waals surface area contributed by atoms with E-state index >= 15 is 0 Å². The van der Waals surface area contributed by atoms with Gasteiger partial charge in [-0.3, -0.25) is 0 Å². The lowest BCUT2D eigenvalue weighted by Crippen LogP contribution is -2.01. The fraction of sp³-hybridized carbons (Fsp3) is 0.0800. The van der Waals surface area contributed by atoms with Gasteiger partial charge in [0.05, 0.1) is 17.3 Å². The van der Waals surface area contributed by atoms with Crippen molar-refractivity contribution in [2.45, 2.75) is 13.5 Å². The zero-order chi connectivity index (χ0) is 21.9. The molecule has 0 aliphatic heterocycles. The molecule has 0 atom stereocenters. The first-order valence-electron chi connectivity index (χ1n) is 10.2. The standard InChI is InChI=1S/C25H20ClN5O/c1-17-7-8-19(26)13-23(17)31-25-22(14-29-31)24(27-16-28-25)30-20-9-11-21(12-10-20)32-15-18-5-3-2-4-6-18/h2-14,16H,15H2,1H3,(H,27,28,30). The van der Waals surface area contributed by atoms with Gasteiger partial charge >= 0.3 is 0 Å². The Labute approximate surface area is 190 Å². The maximum atomic E-state index is 6.20. The molecule has 158 valence electrons. The maximum Gasteiger partial charge on any atom is 0.168 e. The lowest BCUT2D eigenvalue weighted by atomic mass is 10.2. The molecule has 0 fully saturated rings. The van der Waals surface area contributed by atoms with Crippen LogP contribution < -0.4 is 10.1 Å². The monoisotopic (exact) mass is 441 g/mol. The predicted molar refractivity (Wildman–Crippen MR) is 127 cm³/mol. The van der Waals surface area contributed by atoms with Crippen LogP contribution in [0.4, 0.5) is 11.5 Å². The molecular weight excluding hydrogens is 422 g/mol. The largest absolute Gasteiger partial charge is 0.489 e. The highest BCUT2D eigenvalue weighted by Gasteiger charge is 2.13. The van der Waals surface area contributed by atoms with Crippen LogP contribution in [-0.2, 0) is 6.61 Å². The van der Waals surface area contributed by atoms with Gasteiger partial charge in [-0.15, -0.1) is 0 Å². The van der Waals surface area contributed by atoms with Crippen LogP contribution in [0.1, 0.15) is 11.1 Å². The molecule has 0 saturated carbocycles. The Morgan fingerprint density at radius 1 is 0.969 bits per heavy atom. The molecule has 5 rings (SSSR count). The Morgan fingerprint density at radius 3 is 2.59 bits per heavy atom. The van der Waals surface area contributed by atoms with E-state index in [1.54, 1.807) is 10.9 Å². The van der Waals surface area contributed by atoms with Crippen LogP contribution in [0, 0.1) is 6.92 Å². The number of hydrogen-bond donors (Lipinski definition) is 1. The van der Waals surface area contributed by atoms with Crippen LogP contribution in [-0.4, -0.2) is 19.7 Å². The lowest BCUT2D eigenvalue weighted by molar-refractivity contribution is 0.306. The van der Waals surface area contributed by atoms with Crippen molar-refractivity contribution in [3.63, 3.8) is 0 Å². The van der Waals surface area contributed by atoms with Crippen LogP contribution in [0.3, 0.4) is 0 Å². The Balaban J connectivity index is 1.36. The first kappa shape index (κ1) is 20.0. The van der Waals surface area contributed by atoms with E-state index < -0.39 is 0 Å². The number of aromatic nitrogens is 4. The quantitative estimate of drug-likeness (QED) is 0.345. The molecule has 1 N–H and O–H groups in total. The molecule has 0 spiro atoms. The van der Waals surface area contributed by atoms with E-state index in [9.17, 15) is 0 Å². The van der Waals surface area contributed by atoms with E-state index in [0.29, 0.717) is 23.1 Å². The Hall–Kier alpha value is -3.90. The van der Waals surface area contributed by atoms with Crippen LogP contribution in [0.15, 0.2) is 85.3 Å². The molecule has 0 unspecified atom stereocenters. The van der Waals surface area contributed by atoms with Crippen molar-refractivity contribution in [1.82, 2.24) is 19.7 Å². The molecule has 2 aromatic heterocycles. The first-order valence-corrected chi connectivity index (χ1v) is 10.5. The number of hydrogen-bond acceptors (Lipinski definition) is 5. The predicted octanol–water partition coefficient (Wildman–Crippen LogP) is 6.10. The van der Waals surface area contributed by atoms with E-state index in [1.165, 1.54) is 6.33 Å². The number of anilines is 2. The summed E-state index contributed by atoms with van der Waals surface area (Å²) in [6.45, 7) is 2.54. The summed E-state index contributed by atoms with van der Waals surface area (Å²) in [5.74, 6) is 1.48. The second kappa shape index (κ2) is 8.69. The van der Waals surface area contributed by atoms with Crippen molar-refractivity contribution in [3.8, 4) is 11.4 Å². The highest BCUT2D eigenvalue weighted by Crippen LogP contribution is 2.27. The topological polar surface area (TPSA) is 64.9 Å². The maximum absolute atomic E-state index is 6.20. The van der Waals surface area contributed by atoms with Gasteiger partial charge in [-0.1, -0.05) is 48.0 Å². The average Bonchev–Trinajstić information content (AvgIpc) is 3.26. The third-order valence-electron chi connectivity index (χ3n) is 5.13. The molecule has 6 nitrogen and oxygen atoms in total. The van der Waals surface area contributed by atoms with Gasteiger partial charge in [0.15, 0.2) is 5.65 Å². The molecule has 5 aromatic rings. The molecule has 0 aliphatic carbocycles. The van der Waals surface area contributed by atoms with Crippen molar-refractivity contribution >= 4 is 34.1 Å². The van der Waals surface area contributed by atoms with Gasteiger partial charge in [0.2, 0.25) is 0 Å². The van der Waals surface area contributed by atoms with E-state index in [-0.39, 0.29) is 0 Å². The second-order valence-corrected chi connectivity index (χ2v) is 7.81. The Bertz CT molecular complexity index is 1370. The third kappa shape index (κ3) is 4.13. The van der Waals surface area contributed by atoms with Crippen LogP contribution in [0.25, 0.3) is 16.7 Å². The highest BCUT2D eigenvalue weighted by atomic mass is 35.5. The van der Waals surface area contributed by atoms with Crippen LogP contribution in [0.2, 0.25) is 5.02 Å². The van der Waals surface area contributed by atoms with E-state index in [2.05, 4.69) is 20.4 Å². The minimum Gasteiger partial charge on any atom is -0.489 e. The van der Waals surface area contributed by atoms with Gasteiger partial charge in [-0.05, 0) is 54.4 Å². The van der Waals surface area contributed by atoms with Gasteiger partial charge in [0.1, 0.15) is 24.5 Å². The Morgan fingerprint density at radius 2 is 1.78 bits per heavy atom. The number of benzene rings is 3. The zero-order valence-corrected chi connectivity index (χ0v) is 18.1. The summed E-state index contributed by atoms with van der Waals surface area (Å²) in [7, 11) is 0. The van der Waals surface area contributed by atoms with E-state index in [0.717, 1.165) is 33.6 Å². The number of nitrogens with one attached hydrogen (secondary N) is 1. The zero-order valence-electron chi connectivity index (χ0n) is 17.4. The van der Waals surface area contributed by atoms with Gasteiger partial charge < -0.3 is 10.1 Å². The normalized spacial score (nSPS) is 10.9. The summed E-state index contributed by atoms with van der Waals surface area (Å²) < 4.78 is 7.64. The van der Waals surface area contributed by atoms with Crippen molar-refractivity contribution in [3.05, 3.63) is 101 Å². The molecule has 0 bridgehead atoms. The summed E-state index contributed by atoms with van der Waals surface area (Å²) in [6, 6.07) is 23.6. The lowest BCUT2D eigenvalue weighted by Gasteiger charge is -2.10. The summed E-state index contributed by atoms with van der Waals surface area (Å²) in [6.07, 6.45) is 3.29. The number of fused-ring (bicyclic) bond motifs is 1. The summed E-state index contributed by atoms with van der Waals surface area (Å²) in [5, 5.41) is 9.35. The number of aryl methyl sites for hydroxylation is 1. The smallest absolute Gasteiger partial charge is 0.168 e. The first-order chi connectivity index (χ1) is 15.7. The molecule has 32 heavy (non-hydrogen) atoms. The fourth-order valence-corrected chi connectivity index (χ4v) is 3.61. The fourth-order valence-electron chi connectivity index (χ4n) is 3.44. The van der Waals surface area contributed by atoms with Crippen LogP contribution in [0.5, 0.6) is 5.75 Å². The molecule has 0 radical (unpaired) electrons. The molecule has 2 heterocycles. The number of ether oxygens (including phenoxy) is 1. The number of rotatable bonds is 6. The van der Waals surface area contributed by atoms with Gasteiger partial charge in [-0.2, -0.15) is 5.10 Å². The average molecular weight is 442 g/mol. The molecule has 7 heteroatoms. The van der Waals surface area contributed by atoms with E-state index in [1.807, 2.05) is 79.7 Å². The second-order valence-electron chi connectivity index (χ2n) is 7.37. The number of halogens is 1. The van der Waals surface area contributed by atoms with Gasteiger partial charge in [-0.25, -0.2) is 14.6 Å². The molecule has 3 aromatic carbocycles. The van der Waals surface area contributed by atoms with Crippen LogP contribution >= 0.6 is 11.6 Å². The van der Waals surface area contributed by atoms with Gasteiger partial charge in [0.25, 0.3) is 0 Å². The van der Waals surface area contributed by atoms with Crippen molar-refractivity contribution in [2.24, 2.45) is 0 Å². The summed E-state index contributed by atoms with van der Waals surface area (Å²) in [5.41, 5.74) is 4.67. The summed E-state index contributed by atoms with van der Waals surface area (Å²) >= 11 is 6.20. The molecule has 0 saturated heterocycles. The SMILES string of the molecule is Cc1ccc(Cl)cc1-n1ncc2c(Nc3ccc(OCc4ccccc4)cc3)ncnc21. The number of nitrogens with zero attached hydrogens (tertiary/aromatic N) is 4. The minimum atomic E-state index is 0.530. The minimum absolute atomic E-state index is 0.530. The van der Waals surface area contributed by atoms with Crippen molar-refractivity contribution in [2.75, 3.05) is 5.32 Å². The third-order valence-corrected chi connectivity index (χ3v) is 5.37. The van der Waals surface area contributed by atoms with Crippen molar-refractivity contribution in [1.29, 1.82) is 0 Å². The Kier molecular flexibility index (Phi) is 5.44. The van der Waals surface area contributed by atoms with E-state index in [4.69, 9.17) is 16.3 Å². The molecule has 0 aliphatic rings. The summed E-state index contributed by atoms with van der Waals surface area (Å²) in [4.78, 5) is 8.86. The highest BCUT2D eigenvalue weighted by molar-refractivity contribution is 6.30. The molecule has 0 amide bonds.